The van der Waals surface area contributed by atoms with Gasteiger partial charge in [0.15, 0.2) is 0 Å². The Labute approximate surface area is 157 Å². The Bertz CT molecular complexity index is 681. The van der Waals surface area contributed by atoms with Gasteiger partial charge in [0, 0.05) is 18.6 Å². The van der Waals surface area contributed by atoms with Crippen LogP contribution in [0.4, 0.5) is 0 Å². The quantitative estimate of drug-likeness (QED) is 0.627. The van der Waals surface area contributed by atoms with Gasteiger partial charge in [0.1, 0.15) is 17.6 Å². The summed E-state index contributed by atoms with van der Waals surface area (Å²) in [5, 5.41) is 9.17. The van der Waals surface area contributed by atoms with Gasteiger partial charge in [0.25, 0.3) is 0 Å². The number of unbranched alkanes of at least 4 members (excludes halogenated alkanes) is 1. The van der Waals surface area contributed by atoms with Crippen molar-refractivity contribution < 1.29 is 14.6 Å². The van der Waals surface area contributed by atoms with Gasteiger partial charge in [-0.05, 0) is 55.4 Å². The second-order valence-corrected chi connectivity index (χ2v) is 7.07. The van der Waals surface area contributed by atoms with Crippen LogP contribution in [-0.2, 0) is 19.3 Å². The summed E-state index contributed by atoms with van der Waals surface area (Å²) in [5.74, 6) is 1.97. The standard InChI is InChI=1S/C23H30O3/c1-2-3-14-25-22-17-20-15-21(12-11-18-8-5-4-6-9-18)26-23(20)16-19(22)10-7-13-24/h4-6,8-9,16-17,21,24H,2-3,7,10-15H2,1H3. The van der Waals surface area contributed by atoms with Gasteiger partial charge in [0.05, 0.1) is 6.61 Å². The Morgan fingerprint density at radius 1 is 1.12 bits per heavy atom. The molecule has 1 N–H and O–H groups in total. The average Bonchev–Trinajstić information content (AvgIpc) is 3.07. The molecule has 0 radical (unpaired) electrons. The van der Waals surface area contributed by atoms with E-state index in [0.717, 1.165) is 68.6 Å². The summed E-state index contributed by atoms with van der Waals surface area (Å²) in [6, 6.07) is 14.9. The lowest BCUT2D eigenvalue weighted by atomic mass is 10.0. The minimum absolute atomic E-state index is 0.200. The smallest absolute Gasteiger partial charge is 0.123 e. The van der Waals surface area contributed by atoms with Crippen molar-refractivity contribution in [3.05, 3.63) is 59.2 Å². The van der Waals surface area contributed by atoms with Gasteiger partial charge in [-0.2, -0.15) is 0 Å². The summed E-state index contributed by atoms with van der Waals surface area (Å²) in [5.41, 5.74) is 3.76. The highest BCUT2D eigenvalue weighted by molar-refractivity contribution is 5.49. The maximum absolute atomic E-state index is 9.17. The summed E-state index contributed by atoms with van der Waals surface area (Å²) < 4.78 is 12.2. The van der Waals surface area contributed by atoms with Crippen molar-refractivity contribution in [2.45, 2.75) is 58.0 Å². The van der Waals surface area contributed by atoms with Gasteiger partial charge in [-0.1, -0.05) is 43.7 Å². The molecule has 140 valence electrons. The minimum Gasteiger partial charge on any atom is -0.493 e. The molecule has 0 aliphatic carbocycles. The van der Waals surface area contributed by atoms with Crippen molar-refractivity contribution >= 4 is 0 Å². The van der Waals surface area contributed by atoms with Crippen molar-refractivity contribution in [2.24, 2.45) is 0 Å². The second-order valence-electron chi connectivity index (χ2n) is 7.07. The largest absolute Gasteiger partial charge is 0.493 e. The molecule has 0 aromatic heterocycles. The van der Waals surface area contributed by atoms with Crippen LogP contribution in [0.1, 0.15) is 49.3 Å². The zero-order valence-electron chi connectivity index (χ0n) is 15.7. The fraction of sp³-hybridized carbons (Fsp3) is 0.478. The highest BCUT2D eigenvalue weighted by Gasteiger charge is 2.24. The first-order valence-corrected chi connectivity index (χ1v) is 9.90. The van der Waals surface area contributed by atoms with E-state index in [1.54, 1.807) is 0 Å². The first-order valence-electron chi connectivity index (χ1n) is 9.90. The van der Waals surface area contributed by atoms with Crippen LogP contribution in [0.15, 0.2) is 42.5 Å². The molecule has 0 saturated carbocycles. The minimum atomic E-state index is 0.200. The van der Waals surface area contributed by atoms with Crippen LogP contribution in [0, 0.1) is 0 Å². The molecule has 3 rings (SSSR count). The lowest BCUT2D eigenvalue weighted by Gasteiger charge is -2.13. The number of hydrogen-bond donors (Lipinski definition) is 1. The van der Waals surface area contributed by atoms with Crippen LogP contribution in [0.5, 0.6) is 11.5 Å². The molecule has 1 unspecified atom stereocenters. The number of hydrogen-bond acceptors (Lipinski definition) is 3. The molecule has 0 bridgehead atoms. The summed E-state index contributed by atoms with van der Waals surface area (Å²) in [6.07, 6.45) is 7.01. The number of benzene rings is 2. The van der Waals surface area contributed by atoms with Gasteiger partial charge < -0.3 is 14.6 Å². The van der Waals surface area contributed by atoms with E-state index in [2.05, 4.69) is 49.4 Å². The summed E-state index contributed by atoms with van der Waals surface area (Å²) in [6.45, 7) is 3.12. The Kier molecular flexibility index (Phi) is 6.96. The zero-order chi connectivity index (χ0) is 18.2. The van der Waals surface area contributed by atoms with E-state index in [1.807, 2.05) is 0 Å². The predicted molar refractivity (Wildman–Crippen MR) is 105 cm³/mol. The monoisotopic (exact) mass is 354 g/mol. The molecule has 2 aromatic carbocycles. The first-order chi connectivity index (χ1) is 12.8. The lowest BCUT2D eigenvalue weighted by Crippen LogP contribution is -2.13. The molecule has 0 fully saturated rings. The fourth-order valence-corrected chi connectivity index (χ4v) is 3.44. The normalized spacial score (nSPS) is 15.5. The third-order valence-electron chi connectivity index (χ3n) is 4.94. The topological polar surface area (TPSA) is 38.7 Å². The first kappa shape index (κ1) is 18.8. The third kappa shape index (κ3) is 5.01. The predicted octanol–water partition coefficient (Wildman–Crippen LogP) is 4.73. The van der Waals surface area contributed by atoms with Crippen molar-refractivity contribution in [2.75, 3.05) is 13.2 Å². The van der Waals surface area contributed by atoms with E-state index < -0.39 is 0 Å². The van der Waals surface area contributed by atoms with E-state index in [0.29, 0.717) is 0 Å². The van der Waals surface area contributed by atoms with E-state index in [4.69, 9.17) is 9.47 Å². The molecule has 3 heteroatoms. The van der Waals surface area contributed by atoms with Crippen LogP contribution < -0.4 is 9.47 Å². The van der Waals surface area contributed by atoms with Crippen LogP contribution in [0.2, 0.25) is 0 Å². The van der Waals surface area contributed by atoms with Gasteiger partial charge in [-0.15, -0.1) is 0 Å². The molecule has 26 heavy (non-hydrogen) atoms. The number of fused-ring (bicyclic) bond motifs is 1. The van der Waals surface area contributed by atoms with E-state index in [1.165, 1.54) is 11.1 Å². The lowest BCUT2D eigenvalue weighted by molar-refractivity contribution is 0.221. The van der Waals surface area contributed by atoms with Gasteiger partial charge in [-0.25, -0.2) is 0 Å². The van der Waals surface area contributed by atoms with Crippen molar-refractivity contribution in [1.82, 2.24) is 0 Å². The molecule has 1 aliphatic rings. The molecule has 0 spiro atoms. The fourth-order valence-electron chi connectivity index (χ4n) is 3.44. The second kappa shape index (κ2) is 9.63. The molecule has 1 atom stereocenters. The Balaban J connectivity index is 1.65. The maximum atomic E-state index is 9.17. The Morgan fingerprint density at radius 2 is 1.96 bits per heavy atom. The highest BCUT2D eigenvalue weighted by Crippen LogP contribution is 2.36. The van der Waals surface area contributed by atoms with E-state index in [9.17, 15) is 5.11 Å². The Hall–Kier alpha value is -2.00. The number of ether oxygens (including phenoxy) is 2. The molecular formula is C23H30O3. The van der Waals surface area contributed by atoms with Crippen molar-refractivity contribution in [3.8, 4) is 11.5 Å². The summed E-state index contributed by atoms with van der Waals surface area (Å²) >= 11 is 0. The molecule has 1 heterocycles. The molecule has 2 aromatic rings. The molecule has 3 nitrogen and oxygen atoms in total. The zero-order valence-corrected chi connectivity index (χ0v) is 15.7. The van der Waals surface area contributed by atoms with Crippen LogP contribution in [-0.4, -0.2) is 24.4 Å². The SMILES string of the molecule is CCCCOc1cc2c(cc1CCCO)OC(CCc1ccccc1)C2. The van der Waals surface area contributed by atoms with E-state index in [-0.39, 0.29) is 12.7 Å². The summed E-state index contributed by atoms with van der Waals surface area (Å²) in [7, 11) is 0. The van der Waals surface area contributed by atoms with Gasteiger partial charge in [-0.3, -0.25) is 0 Å². The number of rotatable bonds is 10. The molecule has 1 aliphatic heterocycles. The highest BCUT2D eigenvalue weighted by atomic mass is 16.5. The van der Waals surface area contributed by atoms with E-state index >= 15 is 0 Å². The molecule has 0 saturated heterocycles. The summed E-state index contributed by atoms with van der Waals surface area (Å²) in [4.78, 5) is 0. The van der Waals surface area contributed by atoms with Gasteiger partial charge >= 0.3 is 0 Å². The van der Waals surface area contributed by atoms with Crippen LogP contribution in [0.25, 0.3) is 0 Å². The molecular weight excluding hydrogens is 324 g/mol. The van der Waals surface area contributed by atoms with Crippen molar-refractivity contribution in [3.63, 3.8) is 0 Å². The van der Waals surface area contributed by atoms with Crippen LogP contribution >= 0.6 is 0 Å². The molecule has 0 amide bonds. The maximum Gasteiger partial charge on any atom is 0.123 e. The van der Waals surface area contributed by atoms with Gasteiger partial charge in [0.2, 0.25) is 0 Å². The van der Waals surface area contributed by atoms with Crippen LogP contribution in [0.3, 0.4) is 0 Å². The third-order valence-corrected chi connectivity index (χ3v) is 4.94. The number of aliphatic hydroxyl groups excluding tert-OH is 1. The Morgan fingerprint density at radius 3 is 2.73 bits per heavy atom. The number of aryl methyl sites for hydroxylation is 2. The van der Waals surface area contributed by atoms with Crippen molar-refractivity contribution in [1.29, 1.82) is 0 Å². The number of aliphatic hydroxyl groups is 1. The average molecular weight is 354 g/mol.